The lowest BCUT2D eigenvalue weighted by atomic mass is 9.93. The molecule has 3 aliphatic rings. The number of carbonyl (C=O) groups is 1. The van der Waals surface area contributed by atoms with Gasteiger partial charge in [0.25, 0.3) is 20.2 Å². The van der Waals surface area contributed by atoms with Crippen molar-refractivity contribution >= 4 is 64.3 Å². The van der Waals surface area contributed by atoms with E-state index in [1.54, 1.807) is 78.2 Å². The summed E-state index contributed by atoms with van der Waals surface area (Å²) in [6.07, 6.45) is 0.382. The van der Waals surface area contributed by atoms with Crippen LogP contribution in [0.3, 0.4) is 0 Å². The molecule has 0 saturated carbocycles. The van der Waals surface area contributed by atoms with Gasteiger partial charge in [0.05, 0.1) is 26.7 Å². The van der Waals surface area contributed by atoms with E-state index in [2.05, 4.69) is 0 Å². The summed E-state index contributed by atoms with van der Waals surface area (Å²) in [6, 6.07) is 28.7. The number of benzene rings is 5. The van der Waals surface area contributed by atoms with Gasteiger partial charge in [-0.3, -0.25) is 13.9 Å². The van der Waals surface area contributed by atoms with E-state index in [-0.39, 0.29) is 40.6 Å². The molecular formula is C39H36N3O11S3+. The molecule has 4 aromatic rings. The Labute approximate surface area is 323 Å². The van der Waals surface area contributed by atoms with Gasteiger partial charge < -0.3 is 14.4 Å². The van der Waals surface area contributed by atoms with Crippen molar-refractivity contribution in [3.8, 4) is 22.5 Å². The summed E-state index contributed by atoms with van der Waals surface area (Å²) in [5.41, 5.74) is 3.79. The molecule has 14 nitrogen and oxygen atoms in total. The molecule has 290 valence electrons. The van der Waals surface area contributed by atoms with Gasteiger partial charge in [-0.2, -0.15) is 25.7 Å². The smallest absolute Gasteiger partial charge is 0.306 e. The Morgan fingerprint density at radius 3 is 1.95 bits per heavy atom. The zero-order chi connectivity index (χ0) is 40.2. The zero-order valence-corrected chi connectivity index (χ0v) is 32.4. The lowest BCUT2D eigenvalue weighted by Crippen LogP contribution is -2.40. The second-order valence-corrected chi connectivity index (χ2v) is 18.2. The Balaban J connectivity index is 1.42. The summed E-state index contributed by atoms with van der Waals surface area (Å²) in [7, 11) is -9.36. The van der Waals surface area contributed by atoms with E-state index >= 15 is 0 Å². The molecule has 17 heteroatoms. The van der Waals surface area contributed by atoms with Crippen LogP contribution in [-0.4, -0.2) is 76.9 Å². The predicted molar refractivity (Wildman–Crippen MR) is 209 cm³/mol. The third kappa shape index (κ3) is 7.44. The highest BCUT2D eigenvalue weighted by Crippen LogP contribution is 2.44. The molecule has 0 radical (unpaired) electrons. The van der Waals surface area contributed by atoms with Gasteiger partial charge in [-0.05, 0) is 73.5 Å². The van der Waals surface area contributed by atoms with Crippen molar-refractivity contribution < 1.29 is 48.7 Å². The molecular weight excluding hydrogens is 783 g/mol. The van der Waals surface area contributed by atoms with E-state index < -0.39 is 42.1 Å². The first-order valence-corrected chi connectivity index (χ1v) is 21.5. The summed E-state index contributed by atoms with van der Waals surface area (Å²) in [6.45, 7) is 0.113. The maximum Gasteiger partial charge on any atom is 0.306 e. The molecule has 0 bridgehead atoms. The summed E-state index contributed by atoms with van der Waals surface area (Å²) < 4.78 is 104. The molecule has 0 atom stereocenters. The van der Waals surface area contributed by atoms with Crippen molar-refractivity contribution in [1.82, 2.24) is 8.88 Å². The fourth-order valence-corrected chi connectivity index (χ4v) is 9.57. The fourth-order valence-electron chi connectivity index (χ4n) is 6.94. The Morgan fingerprint density at radius 1 is 0.750 bits per heavy atom. The average Bonchev–Trinajstić information content (AvgIpc) is 3.18. The van der Waals surface area contributed by atoms with E-state index in [0.29, 0.717) is 55.8 Å². The van der Waals surface area contributed by atoms with Gasteiger partial charge in [0.2, 0.25) is 21.1 Å². The molecule has 0 spiro atoms. The number of carboxylic acids is 1. The van der Waals surface area contributed by atoms with Crippen LogP contribution in [0.5, 0.6) is 0 Å². The highest BCUT2D eigenvalue weighted by Gasteiger charge is 2.34. The Morgan fingerprint density at radius 2 is 1.34 bits per heavy atom. The molecule has 56 heavy (non-hydrogen) atoms. The topological polar surface area (TPSA) is 203 Å². The van der Waals surface area contributed by atoms with Crippen LogP contribution in [0.25, 0.3) is 33.4 Å². The number of aliphatic carboxylic acids is 1. The molecule has 1 aliphatic carbocycles. The van der Waals surface area contributed by atoms with Gasteiger partial charge in [0.1, 0.15) is 18.4 Å². The average molecular weight is 819 g/mol. The first-order chi connectivity index (χ1) is 26.4. The summed E-state index contributed by atoms with van der Waals surface area (Å²) in [5.74, 6) is -1.19. The largest absolute Gasteiger partial charge is 0.481 e. The van der Waals surface area contributed by atoms with E-state index in [1.165, 1.54) is 34.6 Å². The summed E-state index contributed by atoms with van der Waals surface area (Å²) in [5, 5.41) is 10.7. The minimum Gasteiger partial charge on any atom is -0.481 e. The van der Waals surface area contributed by atoms with Crippen LogP contribution < -0.4 is 14.8 Å². The maximum atomic E-state index is 14.3. The predicted octanol–water partition coefficient (Wildman–Crippen LogP) is 5.68. The Kier molecular flexibility index (Phi) is 10.1. The van der Waals surface area contributed by atoms with Gasteiger partial charge in [0, 0.05) is 77.9 Å². The minimum atomic E-state index is -4.39. The number of anilines is 2. The minimum absolute atomic E-state index is 0.0443. The zero-order valence-electron chi connectivity index (χ0n) is 30.0. The van der Waals surface area contributed by atoms with Gasteiger partial charge in [-0.25, -0.2) is 8.42 Å². The third-order valence-electron chi connectivity index (χ3n) is 10.1. The van der Waals surface area contributed by atoms with E-state index in [4.69, 9.17) is 4.42 Å². The number of carboxylic acid groups (broad SMARTS) is 1. The number of piperidine rings is 1. The van der Waals surface area contributed by atoms with Crippen molar-refractivity contribution in [1.29, 1.82) is 0 Å². The normalized spacial score (nSPS) is 15.2. The number of hydrogen-bond donors (Lipinski definition) is 3. The molecule has 3 N–H and O–H groups in total. The second kappa shape index (κ2) is 14.6. The first kappa shape index (κ1) is 38.8. The summed E-state index contributed by atoms with van der Waals surface area (Å²) >= 11 is 0. The lowest BCUT2D eigenvalue weighted by molar-refractivity contribution is -0.142. The molecule has 1 fully saturated rings. The van der Waals surface area contributed by atoms with Crippen molar-refractivity contribution in [3.63, 3.8) is 0 Å². The number of nitrogens with zero attached hydrogens (tertiary/aromatic N) is 3. The van der Waals surface area contributed by atoms with Crippen LogP contribution in [0.4, 0.5) is 17.1 Å². The van der Waals surface area contributed by atoms with E-state index in [0.717, 1.165) is 0 Å². The molecule has 0 unspecified atom stereocenters. The van der Waals surface area contributed by atoms with Crippen LogP contribution in [0.15, 0.2) is 128 Å². The van der Waals surface area contributed by atoms with Crippen LogP contribution in [-0.2, 0) is 35.1 Å². The molecule has 0 amide bonds. The SMILES string of the molecule is CN(c1ccc(S(=O)(=O)O)cc1)c1ccc2c(-c3ccccc3S(=O)(=O)N3CCC(C(=O)O)CC3)c3cc/c(=[N+](/C)c4ccc(S(=O)(=O)O)cc4)cc-3oc2c1. The number of rotatable bonds is 9. The number of fused-ring (bicyclic) bond motifs is 2. The fraction of sp³-hybridized carbons (Fsp3) is 0.179. The third-order valence-corrected chi connectivity index (χ3v) is 13.8. The van der Waals surface area contributed by atoms with Gasteiger partial charge in [-0.15, -0.1) is 0 Å². The van der Waals surface area contributed by atoms with Crippen molar-refractivity contribution in [3.05, 3.63) is 115 Å². The lowest BCUT2D eigenvalue weighted by Gasteiger charge is -2.30. The van der Waals surface area contributed by atoms with E-state index in [1.807, 2.05) is 24.3 Å². The number of hydrogen-bond acceptors (Lipinski definition) is 9. The van der Waals surface area contributed by atoms with Crippen LogP contribution >= 0.6 is 0 Å². The molecule has 2 aliphatic heterocycles. The molecule has 7 rings (SSSR count). The highest BCUT2D eigenvalue weighted by molar-refractivity contribution is 7.89. The molecule has 2 heterocycles. The van der Waals surface area contributed by atoms with Crippen LogP contribution in [0.2, 0.25) is 0 Å². The van der Waals surface area contributed by atoms with Crippen molar-refractivity contribution in [2.45, 2.75) is 27.5 Å². The quantitative estimate of drug-likeness (QED) is 0.0916. The van der Waals surface area contributed by atoms with Gasteiger partial charge in [0.15, 0.2) is 0 Å². The van der Waals surface area contributed by atoms with Gasteiger partial charge in [-0.1, -0.05) is 18.2 Å². The molecule has 0 aromatic heterocycles. The van der Waals surface area contributed by atoms with Crippen LogP contribution in [0.1, 0.15) is 12.8 Å². The first-order valence-electron chi connectivity index (χ1n) is 17.2. The second-order valence-electron chi connectivity index (χ2n) is 13.4. The molecule has 1 saturated heterocycles. The standard InChI is InChI=1S/C39H35N3O11S3/c1-40(26-7-13-30(14-8-26)55(47,48)49)28-11-17-32-35(23-28)53-36-24-29(41(2)27-9-15-31(16-10-27)56(50,51)52)12-18-33(36)38(32)34-5-3-4-6-37(34)54(45,46)42-21-19-25(20-22-42)39(43)44/h3-18,23-25H,19-22H2,1-2H3,(H2-,43,44,47,48,49,50,51,52)/p+1. The Hall–Kier alpha value is -5.43. The highest BCUT2D eigenvalue weighted by atomic mass is 32.2. The van der Waals surface area contributed by atoms with Crippen molar-refractivity contribution in [2.75, 3.05) is 32.1 Å². The van der Waals surface area contributed by atoms with Crippen molar-refractivity contribution in [2.24, 2.45) is 5.92 Å². The Bertz CT molecular complexity index is 2880. The monoisotopic (exact) mass is 818 g/mol. The summed E-state index contributed by atoms with van der Waals surface area (Å²) in [4.78, 5) is 12.9. The van der Waals surface area contributed by atoms with E-state index in [9.17, 15) is 44.3 Å². The number of sulfonamides is 1. The molecule has 4 aromatic carbocycles. The van der Waals surface area contributed by atoms with Crippen LogP contribution in [0, 0.1) is 5.92 Å². The van der Waals surface area contributed by atoms with Gasteiger partial charge >= 0.3 is 5.97 Å². The maximum absolute atomic E-state index is 14.3.